The van der Waals surface area contributed by atoms with Crippen LogP contribution in [0, 0.1) is 0 Å². The van der Waals surface area contributed by atoms with Crippen LogP contribution in [0.2, 0.25) is 0 Å². The van der Waals surface area contributed by atoms with E-state index < -0.39 is 6.04 Å². The van der Waals surface area contributed by atoms with E-state index in [2.05, 4.69) is 28.5 Å². The van der Waals surface area contributed by atoms with E-state index in [1.807, 2.05) is 18.2 Å². The van der Waals surface area contributed by atoms with Crippen LogP contribution >= 0.6 is 24.8 Å². The molecular formula is C18H30Cl2N4O2. The van der Waals surface area contributed by atoms with Crippen LogP contribution in [0.4, 0.5) is 11.4 Å². The molecule has 8 heteroatoms. The zero-order chi connectivity index (χ0) is 17.4. The van der Waals surface area contributed by atoms with Gasteiger partial charge in [0, 0.05) is 24.5 Å². The smallest absolute Gasteiger partial charge is 0.246 e. The molecule has 1 unspecified atom stereocenters. The first-order valence-corrected chi connectivity index (χ1v) is 8.79. The number of carbonyl (C=O) groups is 2. The van der Waals surface area contributed by atoms with Gasteiger partial charge in [-0.1, -0.05) is 25.8 Å². The number of amides is 2. The molecule has 1 aromatic carbocycles. The molecule has 2 amide bonds. The SMILES string of the molecule is CCCCC(NC(=O)CN)C(=O)Nc1cccc(N2CCCC2)c1.Cl.Cl. The van der Waals surface area contributed by atoms with Crippen molar-refractivity contribution >= 4 is 48.0 Å². The van der Waals surface area contributed by atoms with E-state index in [1.54, 1.807) is 0 Å². The Kier molecular flexibility index (Phi) is 12.1. The fourth-order valence-electron chi connectivity index (χ4n) is 2.92. The summed E-state index contributed by atoms with van der Waals surface area (Å²) >= 11 is 0. The van der Waals surface area contributed by atoms with Crippen molar-refractivity contribution in [2.24, 2.45) is 5.73 Å². The van der Waals surface area contributed by atoms with Gasteiger partial charge in [0.1, 0.15) is 6.04 Å². The second-order valence-corrected chi connectivity index (χ2v) is 6.20. The van der Waals surface area contributed by atoms with Crippen LogP contribution in [0.1, 0.15) is 39.0 Å². The minimum Gasteiger partial charge on any atom is -0.371 e. The quantitative estimate of drug-likeness (QED) is 0.621. The molecule has 0 saturated carbocycles. The average Bonchev–Trinajstić information content (AvgIpc) is 3.13. The molecule has 0 radical (unpaired) electrons. The van der Waals surface area contributed by atoms with Crippen molar-refractivity contribution in [1.82, 2.24) is 5.32 Å². The lowest BCUT2D eigenvalue weighted by Crippen LogP contribution is -2.46. The molecule has 0 aromatic heterocycles. The van der Waals surface area contributed by atoms with Gasteiger partial charge in [-0.25, -0.2) is 0 Å². The molecule has 0 bridgehead atoms. The molecule has 1 aliphatic rings. The molecule has 1 atom stereocenters. The van der Waals surface area contributed by atoms with Crippen LogP contribution in [-0.2, 0) is 9.59 Å². The fraction of sp³-hybridized carbons (Fsp3) is 0.556. The van der Waals surface area contributed by atoms with E-state index in [0.717, 1.165) is 37.3 Å². The van der Waals surface area contributed by atoms with Gasteiger partial charge < -0.3 is 21.3 Å². The molecule has 148 valence electrons. The maximum Gasteiger partial charge on any atom is 0.246 e. The lowest BCUT2D eigenvalue weighted by Gasteiger charge is -2.20. The van der Waals surface area contributed by atoms with Crippen molar-refractivity contribution in [3.05, 3.63) is 24.3 Å². The van der Waals surface area contributed by atoms with E-state index in [-0.39, 0.29) is 43.2 Å². The van der Waals surface area contributed by atoms with Gasteiger partial charge in [-0.3, -0.25) is 9.59 Å². The number of rotatable bonds is 8. The van der Waals surface area contributed by atoms with Crippen molar-refractivity contribution in [3.8, 4) is 0 Å². The first-order valence-electron chi connectivity index (χ1n) is 8.79. The van der Waals surface area contributed by atoms with E-state index in [1.165, 1.54) is 12.8 Å². The Morgan fingerprint density at radius 3 is 2.54 bits per heavy atom. The van der Waals surface area contributed by atoms with Crippen LogP contribution in [0.15, 0.2) is 24.3 Å². The first kappa shape index (κ1) is 24.5. The number of hydrogen-bond acceptors (Lipinski definition) is 4. The maximum absolute atomic E-state index is 12.5. The van der Waals surface area contributed by atoms with Crippen molar-refractivity contribution in [2.45, 2.75) is 45.1 Å². The lowest BCUT2D eigenvalue weighted by molar-refractivity contribution is -0.125. The summed E-state index contributed by atoms with van der Waals surface area (Å²) in [5.41, 5.74) is 7.23. The molecule has 1 heterocycles. The van der Waals surface area contributed by atoms with Crippen molar-refractivity contribution in [1.29, 1.82) is 0 Å². The summed E-state index contributed by atoms with van der Waals surface area (Å²) in [7, 11) is 0. The molecule has 1 aromatic rings. The molecule has 0 spiro atoms. The van der Waals surface area contributed by atoms with E-state index in [0.29, 0.717) is 6.42 Å². The average molecular weight is 405 g/mol. The van der Waals surface area contributed by atoms with Crippen molar-refractivity contribution < 1.29 is 9.59 Å². The maximum atomic E-state index is 12.5. The summed E-state index contributed by atoms with van der Waals surface area (Å²) < 4.78 is 0. The fourth-order valence-corrected chi connectivity index (χ4v) is 2.92. The lowest BCUT2D eigenvalue weighted by atomic mass is 10.1. The van der Waals surface area contributed by atoms with Crippen molar-refractivity contribution in [3.63, 3.8) is 0 Å². The number of anilines is 2. The summed E-state index contributed by atoms with van der Waals surface area (Å²) in [5.74, 6) is -0.499. The van der Waals surface area contributed by atoms with Gasteiger partial charge in [0.15, 0.2) is 0 Å². The van der Waals surface area contributed by atoms with Gasteiger partial charge in [-0.05, 0) is 37.5 Å². The predicted octanol–water partition coefficient (Wildman–Crippen LogP) is 2.70. The second-order valence-electron chi connectivity index (χ2n) is 6.20. The highest BCUT2D eigenvalue weighted by Gasteiger charge is 2.20. The van der Waals surface area contributed by atoms with Gasteiger partial charge in [0.2, 0.25) is 11.8 Å². The Morgan fingerprint density at radius 2 is 1.92 bits per heavy atom. The summed E-state index contributed by atoms with van der Waals surface area (Å²) in [5, 5.41) is 5.63. The molecule has 1 fully saturated rings. The number of nitrogens with zero attached hydrogens (tertiary/aromatic N) is 1. The Morgan fingerprint density at radius 1 is 1.23 bits per heavy atom. The number of nitrogens with two attached hydrogens (primary N) is 1. The highest BCUT2D eigenvalue weighted by atomic mass is 35.5. The topological polar surface area (TPSA) is 87.5 Å². The van der Waals surface area contributed by atoms with E-state index in [4.69, 9.17) is 5.73 Å². The Bertz CT molecular complexity index is 566. The highest BCUT2D eigenvalue weighted by Crippen LogP contribution is 2.23. The number of nitrogens with one attached hydrogen (secondary N) is 2. The minimum atomic E-state index is -0.545. The zero-order valence-electron chi connectivity index (χ0n) is 15.2. The molecule has 0 aliphatic carbocycles. The normalized spacial score (nSPS) is 14.0. The Hall–Kier alpha value is -1.50. The largest absolute Gasteiger partial charge is 0.371 e. The van der Waals surface area contributed by atoms with Gasteiger partial charge >= 0.3 is 0 Å². The molecule has 6 nitrogen and oxygen atoms in total. The zero-order valence-corrected chi connectivity index (χ0v) is 16.8. The van der Waals surface area contributed by atoms with Gasteiger partial charge in [0.25, 0.3) is 0 Å². The molecule has 26 heavy (non-hydrogen) atoms. The van der Waals surface area contributed by atoms with Gasteiger partial charge in [-0.2, -0.15) is 0 Å². The standard InChI is InChI=1S/C18H28N4O2.2ClH/c1-2-3-9-16(21-17(23)13-19)18(24)20-14-7-6-8-15(12-14)22-10-4-5-11-22;;/h6-8,12,16H,2-5,9-11,13,19H2,1H3,(H,20,24)(H,21,23);2*1H. The molecule has 2 rings (SSSR count). The number of hydrogen-bond donors (Lipinski definition) is 3. The van der Waals surface area contributed by atoms with E-state index >= 15 is 0 Å². The number of halogens is 2. The monoisotopic (exact) mass is 404 g/mol. The van der Waals surface area contributed by atoms with Crippen LogP contribution in [-0.4, -0.2) is 37.5 Å². The predicted molar refractivity (Wildman–Crippen MR) is 112 cm³/mol. The van der Waals surface area contributed by atoms with Crippen molar-refractivity contribution in [2.75, 3.05) is 29.9 Å². The van der Waals surface area contributed by atoms with Crippen LogP contribution in [0.3, 0.4) is 0 Å². The third-order valence-corrected chi connectivity index (χ3v) is 4.27. The van der Waals surface area contributed by atoms with Crippen LogP contribution in [0.25, 0.3) is 0 Å². The number of benzene rings is 1. The number of unbranched alkanes of at least 4 members (excludes halogenated alkanes) is 1. The first-order chi connectivity index (χ1) is 11.6. The Balaban J connectivity index is 0.00000312. The van der Waals surface area contributed by atoms with Gasteiger partial charge in [-0.15, -0.1) is 24.8 Å². The van der Waals surface area contributed by atoms with Crippen LogP contribution in [0.5, 0.6) is 0 Å². The Labute approximate surface area is 168 Å². The minimum absolute atomic E-state index is 0. The van der Waals surface area contributed by atoms with Crippen LogP contribution < -0.4 is 21.3 Å². The molecule has 4 N–H and O–H groups in total. The molecule has 1 saturated heterocycles. The summed E-state index contributed by atoms with van der Waals surface area (Å²) in [4.78, 5) is 26.4. The summed E-state index contributed by atoms with van der Waals surface area (Å²) in [6.45, 7) is 4.06. The highest BCUT2D eigenvalue weighted by molar-refractivity contribution is 5.97. The van der Waals surface area contributed by atoms with Gasteiger partial charge in [0.05, 0.1) is 6.54 Å². The summed E-state index contributed by atoms with van der Waals surface area (Å²) in [6.07, 6.45) is 4.87. The molecule has 1 aliphatic heterocycles. The number of carbonyl (C=O) groups excluding carboxylic acids is 2. The van der Waals surface area contributed by atoms with E-state index in [9.17, 15) is 9.59 Å². The third-order valence-electron chi connectivity index (χ3n) is 4.27. The second kappa shape index (κ2) is 12.8. The third kappa shape index (κ3) is 7.40. The molecular weight excluding hydrogens is 375 g/mol. The summed E-state index contributed by atoms with van der Waals surface area (Å²) in [6, 6.07) is 7.33.